The topological polar surface area (TPSA) is 32.8 Å². The fraction of sp³-hybridized carbons (Fsp3) is 0.667. The number of amides is 1. The second kappa shape index (κ2) is 7.46. The number of benzene rings is 1. The molecule has 3 aliphatic heterocycles. The molecule has 0 unspecified atom stereocenters. The van der Waals surface area contributed by atoms with Gasteiger partial charge in [-0.1, -0.05) is 30.3 Å². The first-order valence-corrected chi connectivity index (χ1v) is 9.83. The van der Waals surface area contributed by atoms with Gasteiger partial charge in [0.1, 0.15) is 0 Å². The average molecular weight is 342 g/mol. The molecule has 0 radical (unpaired) electrons. The molecule has 1 aromatic carbocycles. The zero-order valence-electron chi connectivity index (χ0n) is 15.3. The molecule has 3 aliphatic rings. The number of hydrogen-bond donors (Lipinski definition) is 0. The Hall–Kier alpha value is -1.39. The summed E-state index contributed by atoms with van der Waals surface area (Å²) in [5.41, 5.74) is 1.47. The van der Waals surface area contributed by atoms with Crippen LogP contribution in [0.1, 0.15) is 43.7 Å². The first-order chi connectivity index (χ1) is 12.3. The number of rotatable bonds is 4. The maximum absolute atomic E-state index is 12.5. The van der Waals surface area contributed by atoms with Gasteiger partial charge in [0.15, 0.2) is 0 Å². The highest BCUT2D eigenvalue weighted by Crippen LogP contribution is 2.44. The molecule has 4 heteroatoms. The van der Waals surface area contributed by atoms with Crippen LogP contribution in [0, 0.1) is 11.8 Å². The molecule has 4 atom stereocenters. The number of methoxy groups -OCH3 is 1. The highest BCUT2D eigenvalue weighted by molar-refractivity contribution is 5.76. The predicted molar refractivity (Wildman–Crippen MR) is 98.2 cm³/mol. The zero-order chi connectivity index (χ0) is 17.2. The molecule has 25 heavy (non-hydrogen) atoms. The van der Waals surface area contributed by atoms with Crippen molar-refractivity contribution >= 4 is 5.91 Å². The van der Waals surface area contributed by atoms with E-state index in [1.54, 1.807) is 7.11 Å². The lowest BCUT2D eigenvalue weighted by atomic mass is 9.74. The van der Waals surface area contributed by atoms with Gasteiger partial charge in [-0.2, -0.15) is 0 Å². The van der Waals surface area contributed by atoms with Crippen LogP contribution in [-0.2, 0) is 9.53 Å². The number of hydrogen-bond acceptors (Lipinski definition) is 3. The van der Waals surface area contributed by atoms with Crippen molar-refractivity contribution in [2.24, 2.45) is 11.8 Å². The van der Waals surface area contributed by atoms with E-state index < -0.39 is 0 Å². The van der Waals surface area contributed by atoms with Crippen LogP contribution in [0.5, 0.6) is 0 Å². The molecular formula is C21H30N2O2. The summed E-state index contributed by atoms with van der Waals surface area (Å²) in [7, 11) is 1.67. The summed E-state index contributed by atoms with van der Waals surface area (Å²) in [6.07, 6.45) is 5.70. The SMILES string of the molecule is COCCC(=O)N1C[C@@H]2C[C@H](C1)[C@@H]1CCC[C@H](c3ccccc3)N1C2. The van der Waals surface area contributed by atoms with Gasteiger partial charge >= 0.3 is 0 Å². The second-order valence-corrected chi connectivity index (χ2v) is 8.02. The van der Waals surface area contributed by atoms with E-state index in [2.05, 4.69) is 40.1 Å². The maximum Gasteiger partial charge on any atom is 0.224 e. The Bertz CT molecular complexity index is 591. The van der Waals surface area contributed by atoms with E-state index in [1.165, 1.54) is 31.2 Å². The number of likely N-dealkylation sites (tertiary alicyclic amines) is 1. The van der Waals surface area contributed by atoms with Crippen molar-refractivity contribution in [1.29, 1.82) is 0 Å². The van der Waals surface area contributed by atoms with Gasteiger partial charge in [0.25, 0.3) is 0 Å². The molecule has 2 bridgehead atoms. The number of carbonyl (C=O) groups excluding carboxylic acids is 1. The van der Waals surface area contributed by atoms with Gasteiger partial charge in [-0.3, -0.25) is 9.69 Å². The van der Waals surface area contributed by atoms with Crippen LogP contribution in [0.4, 0.5) is 0 Å². The fourth-order valence-electron chi connectivity index (χ4n) is 5.39. The van der Waals surface area contributed by atoms with Crippen molar-refractivity contribution in [2.45, 2.75) is 44.2 Å². The number of carbonyl (C=O) groups is 1. The minimum atomic E-state index is 0.278. The molecule has 4 rings (SSSR count). The van der Waals surface area contributed by atoms with Crippen molar-refractivity contribution < 1.29 is 9.53 Å². The van der Waals surface area contributed by atoms with E-state index in [9.17, 15) is 4.79 Å². The van der Waals surface area contributed by atoms with Crippen LogP contribution in [0.2, 0.25) is 0 Å². The lowest BCUT2D eigenvalue weighted by molar-refractivity contribution is -0.140. The minimum absolute atomic E-state index is 0.278. The van der Waals surface area contributed by atoms with E-state index in [0.717, 1.165) is 19.6 Å². The third-order valence-electron chi connectivity index (χ3n) is 6.44. The summed E-state index contributed by atoms with van der Waals surface area (Å²) in [4.78, 5) is 17.4. The summed E-state index contributed by atoms with van der Waals surface area (Å²) in [5.74, 6) is 1.55. The minimum Gasteiger partial charge on any atom is -0.384 e. The molecule has 1 aromatic rings. The van der Waals surface area contributed by atoms with Gasteiger partial charge < -0.3 is 9.64 Å². The third-order valence-corrected chi connectivity index (χ3v) is 6.44. The molecule has 0 N–H and O–H groups in total. The van der Waals surface area contributed by atoms with Gasteiger partial charge in [-0.05, 0) is 43.1 Å². The number of nitrogens with zero attached hydrogens (tertiary/aromatic N) is 2. The van der Waals surface area contributed by atoms with Crippen LogP contribution < -0.4 is 0 Å². The Morgan fingerprint density at radius 1 is 1.16 bits per heavy atom. The lowest BCUT2D eigenvalue weighted by Crippen LogP contribution is -2.60. The third kappa shape index (κ3) is 3.47. The summed E-state index contributed by atoms with van der Waals surface area (Å²) in [6.45, 7) is 3.57. The largest absolute Gasteiger partial charge is 0.384 e. The van der Waals surface area contributed by atoms with Gasteiger partial charge in [-0.15, -0.1) is 0 Å². The first kappa shape index (κ1) is 17.0. The molecule has 0 aromatic heterocycles. The molecule has 0 aliphatic carbocycles. The Morgan fingerprint density at radius 3 is 2.80 bits per heavy atom. The van der Waals surface area contributed by atoms with Crippen LogP contribution in [0.15, 0.2) is 30.3 Å². The van der Waals surface area contributed by atoms with Gasteiger partial charge in [-0.25, -0.2) is 0 Å². The molecular weight excluding hydrogens is 312 g/mol. The lowest BCUT2D eigenvalue weighted by Gasteiger charge is -2.55. The second-order valence-electron chi connectivity index (χ2n) is 8.02. The number of fused-ring (bicyclic) bond motifs is 4. The standard InChI is InChI=1S/C21H30N2O2/c1-25-11-10-21(24)22-13-16-12-18(15-22)20-9-5-8-19(23(20)14-16)17-6-3-2-4-7-17/h2-4,6-7,16,18-20H,5,8-15H2,1H3/t16-,18+,19+,20-/m0/s1. The molecule has 1 amide bonds. The Balaban J connectivity index is 1.48. The van der Waals surface area contributed by atoms with Crippen LogP contribution >= 0.6 is 0 Å². The van der Waals surface area contributed by atoms with Crippen molar-refractivity contribution in [3.8, 4) is 0 Å². The summed E-state index contributed by atoms with van der Waals surface area (Å²) in [6, 6.07) is 12.2. The molecule has 0 saturated carbocycles. The normalized spacial score (nSPS) is 32.3. The smallest absolute Gasteiger partial charge is 0.224 e. The van der Waals surface area contributed by atoms with Crippen molar-refractivity contribution in [3.63, 3.8) is 0 Å². The van der Waals surface area contributed by atoms with Crippen LogP contribution in [0.25, 0.3) is 0 Å². The predicted octanol–water partition coefficient (Wildman–Crippen LogP) is 3.10. The van der Waals surface area contributed by atoms with Crippen molar-refractivity contribution in [1.82, 2.24) is 9.80 Å². The van der Waals surface area contributed by atoms with Crippen LogP contribution in [-0.4, -0.2) is 55.1 Å². The zero-order valence-corrected chi connectivity index (χ0v) is 15.3. The van der Waals surface area contributed by atoms with E-state index in [1.807, 2.05) is 0 Å². The molecule has 0 spiro atoms. The van der Waals surface area contributed by atoms with Gasteiger partial charge in [0.05, 0.1) is 13.0 Å². The Morgan fingerprint density at radius 2 is 2.00 bits per heavy atom. The van der Waals surface area contributed by atoms with Crippen molar-refractivity contribution in [3.05, 3.63) is 35.9 Å². The van der Waals surface area contributed by atoms with Gasteiger partial charge in [0.2, 0.25) is 5.91 Å². The fourth-order valence-corrected chi connectivity index (χ4v) is 5.39. The van der Waals surface area contributed by atoms with E-state index in [4.69, 9.17) is 4.74 Å². The summed E-state index contributed by atoms with van der Waals surface area (Å²) < 4.78 is 5.09. The first-order valence-electron chi connectivity index (χ1n) is 9.83. The highest BCUT2D eigenvalue weighted by Gasteiger charge is 2.45. The molecule has 3 heterocycles. The van der Waals surface area contributed by atoms with E-state index >= 15 is 0 Å². The number of piperidine rings is 3. The van der Waals surface area contributed by atoms with E-state index in [-0.39, 0.29) is 5.91 Å². The molecule has 4 nitrogen and oxygen atoms in total. The Labute approximate surface area is 151 Å². The molecule has 3 fully saturated rings. The quantitative estimate of drug-likeness (QED) is 0.843. The van der Waals surface area contributed by atoms with Crippen LogP contribution in [0.3, 0.4) is 0 Å². The average Bonchev–Trinajstić information content (AvgIpc) is 2.66. The summed E-state index contributed by atoms with van der Waals surface area (Å²) >= 11 is 0. The Kier molecular flexibility index (Phi) is 5.09. The highest BCUT2D eigenvalue weighted by atomic mass is 16.5. The maximum atomic E-state index is 12.5. The molecule has 136 valence electrons. The van der Waals surface area contributed by atoms with E-state index in [0.29, 0.717) is 36.9 Å². The molecule has 3 saturated heterocycles. The van der Waals surface area contributed by atoms with Gasteiger partial charge in [0, 0.05) is 38.8 Å². The van der Waals surface area contributed by atoms with Crippen molar-refractivity contribution in [2.75, 3.05) is 33.4 Å². The monoisotopic (exact) mass is 342 g/mol. The number of ether oxygens (including phenoxy) is 1. The summed E-state index contributed by atoms with van der Waals surface area (Å²) in [5, 5.41) is 0.